The van der Waals surface area contributed by atoms with E-state index in [-0.39, 0.29) is 25.5 Å². The van der Waals surface area contributed by atoms with Crippen molar-refractivity contribution in [3.8, 4) is 0 Å². The Morgan fingerprint density at radius 1 is 1.03 bits per heavy atom. The number of rotatable bonds is 7. The van der Waals surface area contributed by atoms with Crippen molar-refractivity contribution in [2.24, 2.45) is 5.92 Å². The number of nitrogens with one attached hydrogen (secondary N) is 1. The van der Waals surface area contributed by atoms with E-state index in [1.54, 1.807) is 31.2 Å². The third-order valence-electron chi connectivity index (χ3n) is 5.00. The summed E-state index contributed by atoms with van der Waals surface area (Å²) in [6.45, 7) is 5.57. The number of nitrogens with zero attached hydrogens (tertiary/aromatic N) is 1. The van der Waals surface area contributed by atoms with E-state index in [1.807, 2.05) is 32.0 Å². The van der Waals surface area contributed by atoms with Crippen LogP contribution in [0.3, 0.4) is 0 Å². The van der Waals surface area contributed by atoms with Gasteiger partial charge in [-0.1, -0.05) is 6.07 Å². The number of hydrogen-bond donors (Lipinski definition) is 1. The molecule has 0 spiro atoms. The zero-order valence-electron chi connectivity index (χ0n) is 18.3. The molecule has 1 saturated heterocycles. The van der Waals surface area contributed by atoms with Gasteiger partial charge in [-0.25, -0.2) is 4.79 Å². The molecule has 1 N–H and O–H groups in total. The van der Waals surface area contributed by atoms with E-state index in [9.17, 15) is 19.2 Å². The third-order valence-corrected chi connectivity index (χ3v) is 5.00. The van der Waals surface area contributed by atoms with Gasteiger partial charge in [0.25, 0.3) is 5.91 Å². The number of ether oxygens (including phenoxy) is 2. The second-order valence-electron chi connectivity index (χ2n) is 7.71. The first kappa shape index (κ1) is 23.0. The Labute approximate surface area is 186 Å². The molecular weight excluding hydrogens is 412 g/mol. The Hall–Kier alpha value is -3.68. The Bertz CT molecular complexity index is 1010. The Morgan fingerprint density at radius 3 is 2.31 bits per heavy atom. The summed E-state index contributed by atoms with van der Waals surface area (Å²) >= 11 is 0. The van der Waals surface area contributed by atoms with Crippen molar-refractivity contribution in [3.63, 3.8) is 0 Å². The minimum Gasteiger partial charge on any atom is -0.462 e. The van der Waals surface area contributed by atoms with Gasteiger partial charge >= 0.3 is 11.9 Å². The molecule has 1 aliphatic heterocycles. The average molecular weight is 438 g/mol. The number of amides is 2. The molecule has 168 valence electrons. The molecule has 3 rings (SSSR count). The van der Waals surface area contributed by atoms with Crippen molar-refractivity contribution in [2.45, 2.75) is 27.2 Å². The lowest BCUT2D eigenvalue weighted by Gasteiger charge is -2.17. The average Bonchev–Trinajstić information content (AvgIpc) is 3.13. The summed E-state index contributed by atoms with van der Waals surface area (Å²) in [5, 5.41) is 2.70. The topological polar surface area (TPSA) is 102 Å². The molecular formula is C24H26N2O6. The highest BCUT2D eigenvalue weighted by atomic mass is 16.5. The maximum atomic E-state index is 12.4. The van der Waals surface area contributed by atoms with Gasteiger partial charge in [0.1, 0.15) is 0 Å². The van der Waals surface area contributed by atoms with Crippen molar-refractivity contribution in [1.29, 1.82) is 0 Å². The monoisotopic (exact) mass is 438 g/mol. The SMILES string of the molecule is CCOC(=O)c1ccc(N2C[C@@H](C(=O)OCC(=O)Nc3cc(C)cc(C)c3)CC2=O)cc1. The molecule has 0 unspecified atom stereocenters. The van der Waals surface area contributed by atoms with Crippen LogP contribution in [0.25, 0.3) is 0 Å². The molecule has 1 heterocycles. The van der Waals surface area contributed by atoms with Crippen LogP contribution in [0.4, 0.5) is 11.4 Å². The van der Waals surface area contributed by atoms with Crippen LogP contribution in [-0.2, 0) is 23.9 Å². The van der Waals surface area contributed by atoms with E-state index in [0.717, 1.165) is 11.1 Å². The summed E-state index contributed by atoms with van der Waals surface area (Å²) in [7, 11) is 0. The van der Waals surface area contributed by atoms with Crippen molar-refractivity contribution in [2.75, 3.05) is 30.0 Å². The van der Waals surface area contributed by atoms with E-state index in [0.29, 0.717) is 16.9 Å². The van der Waals surface area contributed by atoms with Crippen LogP contribution in [0, 0.1) is 19.8 Å². The van der Waals surface area contributed by atoms with Crippen molar-refractivity contribution in [1.82, 2.24) is 0 Å². The lowest BCUT2D eigenvalue weighted by molar-refractivity contribution is -0.151. The number of anilines is 2. The lowest BCUT2D eigenvalue weighted by Crippen LogP contribution is -2.28. The van der Waals surface area contributed by atoms with E-state index < -0.39 is 30.4 Å². The maximum absolute atomic E-state index is 12.4. The first-order valence-electron chi connectivity index (χ1n) is 10.4. The standard InChI is InChI=1S/C24H26N2O6/c1-4-31-23(29)17-5-7-20(8-6-17)26-13-18(12-22(26)28)24(30)32-14-21(27)25-19-10-15(2)9-16(3)11-19/h5-11,18H,4,12-14H2,1-3H3,(H,25,27)/t18-/m0/s1. The molecule has 8 heteroatoms. The van der Waals surface area contributed by atoms with Gasteiger partial charge in [0.15, 0.2) is 6.61 Å². The largest absolute Gasteiger partial charge is 0.462 e. The Balaban J connectivity index is 1.53. The molecule has 1 fully saturated rings. The highest BCUT2D eigenvalue weighted by Gasteiger charge is 2.36. The fourth-order valence-corrected chi connectivity index (χ4v) is 3.61. The van der Waals surface area contributed by atoms with Gasteiger partial charge in [-0.2, -0.15) is 0 Å². The van der Waals surface area contributed by atoms with E-state index >= 15 is 0 Å². The normalized spacial score (nSPS) is 15.4. The second kappa shape index (κ2) is 10.1. The van der Waals surface area contributed by atoms with Crippen LogP contribution in [0.5, 0.6) is 0 Å². The van der Waals surface area contributed by atoms with Gasteiger partial charge < -0.3 is 19.7 Å². The van der Waals surface area contributed by atoms with E-state index in [1.165, 1.54) is 4.90 Å². The minimum absolute atomic E-state index is 0.00282. The molecule has 8 nitrogen and oxygen atoms in total. The van der Waals surface area contributed by atoms with E-state index in [4.69, 9.17) is 9.47 Å². The quantitative estimate of drug-likeness (QED) is 0.667. The second-order valence-corrected chi connectivity index (χ2v) is 7.71. The molecule has 2 aromatic rings. The summed E-state index contributed by atoms with van der Waals surface area (Å²) in [6.07, 6.45) is -0.00282. The molecule has 1 aliphatic rings. The summed E-state index contributed by atoms with van der Waals surface area (Å²) in [4.78, 5) is 50.2. The lowest BCUT2D eigenvalue weighted by atomic mass is 10.1. The minimum atomic E-state index is -0.666. The maximum Gasteiger partial charge on any atom is 0.338 e. The fourth-order valence-electron chi connectivity index (χ4n) is 3.61. The highest BCUT2D eigenvalue weighted by Crippen LogP contribution is 2.26. The van der Waals surface area contributed by atoms with Gasteiger partial charge in [0, 0.05) is 24.3 Å². The molecule has 2 aromatic carbocycles. The summed E-state index contributed by atoms with van der Waals surface area (Å²) < 4.78 is 10.1. The molecule has 0 aromatic heterocycles. The first-order valence-corrected chi connectivity index (χ1v) is 10.4. The molecule has 0 radical (unpaired) electrons. The predicted octanol–water partition coefficient (Wildman–Crippen LogP) is 3.01. The molecule has 1 atom stereocenters. The van der Waals surface area contributed by atoms with Crippen LogP contribution < -0.4 is 10.2 Å². The van der Waals surface area contributed by atoms with Crippen LogP contribution in [0.2, 0.25) is 0 Å². The molecule has 0 bridgehead atoms. The number of carbonyl (C=O) groups is 4. The Morgan fingerprint density at radius 2 is 1.69 bits per heavy atom. The number of aryl methyl sites for hydroxylation is 2. The van der Waals surface area contributed by atoms with Gasteiger partial charge in [-0.3, -0.25) is 14.4 Å². The predicted molar refractivity (Wildman–Crippen MR) is 118 cm³/mol. The zero-order valence-corrected chi connectivity index (χ0v) is 18.3. The van der Waals surface area contributed by atoms with Crippen molar-refractivity contribution < 1.29 is 28.7 Å². The van der Waals surface area contributed by atoms with Crippen LogP contribution >= 0.6 is 0 Å². The molecule has 32 heavy (non-hydrogen) atoms. The number of carbonyl (C=O) groups excluding carboxylic acids is 4. The third kappa shape index (κ3) is 5.72. The summed E-state index contributed by atoms with van der Waals surface area (Å²) in [5.74, 6) is -2.37. The van der Waals surface area contributed by atoms with Crippen LogP contribution in [-0.4, -0.2) is 43.5 Å². The van der Waals surface area contributed by atoms with Gasteiger partial charge in [-0.15, -0.1) is 0 Å². The highest BCUT2D eigenvalue weighted by molar-refractivity contribution is 6.00. The van der Waals surface area contributed by atoms with Crippen LogP contribution in [0.1, 0.15) is 34.8 Å². The van der Waals surface area contributed by atoms with Gasteiger partial charge in [-0.05, 0) is 68.3 Å². The number of hydrogen-bond acceptors (Lipinski definition) is 6. The molecule has 0 saturated carbocycles. The van der Waals surface area contributed by atoms with Crippen LogP contribution in [0.15, 0.2) is 42.5 Å². The van der Waals surface area contributed by atoms with Crippen molar-refractivity contribution in [3.05, 3.63) is 59.2 Å². The van der Waals surface area contributed by atoms with Gasteiger partial charge in [0.2, 0.25) is 5.91 Å². The summed E-state index contributed by atoms with van der Waals surface area (Å²) in [5.41, 5.74) is 3.62. The van der Waals surface area contributed by atoms with Crippen molar-refractivity contribution >= 4 is 35.1 Å². The summed E-state index contributed by atoms with van der Waals surface area (Å²) in [6, 6.07) is 12.1. The Kier molecular flexibility index (Phi) is 7.25. The fraction of sp³-hybridized carbons (Fsp3) is 0.333. The number of benzene rings is 2. The van der Waals surface area contributed by atoms with E-state index in [2.05, 4.69) is 5.32 Å². The smallest absolute Gasteiger partial charge is 0.338 e. The first-order chi connectivity index (χ1) is 15.3. The van der Waals surface area contributed by atoms with Gasteiger partial charge in [0.05, 0.1) is 18.1 Å². The molecule has 2 amide bonds. The number of esters is 2. The zero-order chi connectivity index (χ0) is 23.3. The molecule has 0 aliphatic carbocycles.